The number of benzene rings is 2. The lowest BCUT2D eigenvalue weighted by molar-refractivity contribution is -0.121. The Labute approximate surface area is 191 Å². The van der Waals surface area contributed by atoms with Gasteiger partial charge >= 0.3 is 0 Å². The minimum atomic E-state index is -4.12. The Morgan fingerprint density at radius 1 is 1.09 bits per heavy atom. The number of carbonyl (C=O) groups is 1. The number of amides is 1. The van der Waals surface area contributed by atoms with E-state index in [1.807, 2.05) is 23.6 Å². The number of rotatable bonds is 10. The third-order valence-corrected chi connectivity index (χ3v) is 7.05. The van der Waals surface area contributed by atoms with E-state index in [1.54, 1.807) is 30.3 Å². The topological polar surface area (TPSA) is 97.3 Å². The monoisotopic (exact) mass is 473 g/mol. The molecule has 0 spiro atoms. The Kier molecular flexibility index (Phi) is 7.98. The number of ether oxygens (including phenoxy) is 2. The lowest BCUT2D eigenvalue weighted by Crippen LogP contribution is -2.39. The molecule has 3 aromatic rings. The molecule has 0 saturated carbocycles. The Hall–Kier alpha value is -3.21. The summed E-state index contributed by atoms with van der Waals surface area (Å²) in [6.07, 6.45) is 1.50. The van der Waals surface area contributed by atoms with Crippen molar-refractivity contribution in [2.24, 2.45) is 5.10 Å². The van der Waals surface area contributed by atoms with Crippen molar-refractivity contribution in [3.8, 4) is 11.5 Å². The Bertz CT molecular complexity index is 1160. The van der Waals surface area contributed by atoms with Gasteiger partial charge in [0.1, 0.15) is 16.4 Å². The van der Waals surface area contributed by atoms with E-state index < -0.39 is 22.5 Å². The zero-order valence-corrected chi connectivity index (χ0v) is 19.2. The van der Waals surface area contributed by atoms with Crippen molar-refractivity contribution in [1.82, 2.24) is 9.73 Å². The fraction of sp³-hybridized carbons (Fsp3) is 0.182. The van der Waals surface area contributed by atoms with Crippen LogP contribution in [0, 0.1) is 0 Å². The van der Waals surface area contributed by atoms with Crippen LogP contribution in [0.3, 0.4) is 0 Å². The molecule has 8 nitrogen and oxygen atoms in total. The molecule has 3 rings (SSSR count). The van der Waals surface area contributed by atoms with E-state index >= 15 is 0 Å². The molecule has 168 valence electrons. The van der Waals surface area contributed by atoms with Crippen molar-refractivity contribution in [1.29, 1.82) is 0 Å². The van der Waals surface area contributed by atoms with Crippen LogP contribution in [-0.2, 0) is 21.4 Å². The first-order valence-corrected chi connectivity index (χ1v) is 11.9. The van der Waals surface area contributed by atoms with Crippen LogP contribution >= 0.6 is 11.3 Å². The van der Waals surface area contributed by atoms with Gasteiger partial charge in [-0.15, -0.1) is 11.3 Å². The number of sulfonamides is 1. The molecule has 1 amide bonds. The molecule has 0 aliphatic rings. The first-order valence-electron chi connectivity index (χ1n) is 9.55. The van der Waals surface area contributed by atoms with Gasteiger partial charge in [0, 0.05) is 17.5 Å². The largest absolute Gasteiger partial charge is 0.497 e. The maximum atomic E-state index is 13.6. The molecule has 0 unspecified atom stereocenters. The van der Waals surface area contributed by atoms with Crippen LogP contribution in [0.5, 0.6) is 11.5 Å². The minimum Gasteiger partial charge on any atom is -0.497 e. The highest BCUT2D eigenvalue weighted by Crippen LogP contribution is 2.31. The van der Waals surface area contributed by atoms with Crippen LogP contribution in [0.2, 0.25) is 0 Å². The van der Waals surface area contributed by atoms with Crippen LogP contribution < -0.4 is 14.9 Å². The molecule has 1 heterocycles. The number of nitrogens with one attached hydrogen (secondary N) is 1. The van der Waals surface area contributed by atoms with Gasteiger partial charge in [-0.05, 0) is 29.1 Å². The quantitative estimate of drug-likeness (QED) is 0.360. The standard InChI is InChI=1S/C22H23N3O5S2/c1-29-18-10-11-20(30-2)21(13-18)32(27,28)25(15-17-7-4-3-5-8-17)16-22(26)24-23-14-19-9-6-12-31-19/h3-14H,15-16H2,1-2H3,(H,24,26)/b23-14+. The lowest BCUT2D eigenvalue weighted by Gasteiger charge is -2.23. The molecule has 0 aliphatic carbocycles. The third-order valence-electron chi connectivity index (χ3n) is 4.43. The van der Waals surface area contributed by atoms with E-state index in [1.165, 1.54) is 43.9 Å². The van der Waals surface area contributed by atoms with Crippen LogP contribution in [0.25, 0.3) is 0 Å². The molecule has 1 aromatic heterocycles. The summed E-state index contributed by atoms with van der Waals surface area (Å²) >= 11 is 1.47. The van der Waals surface area contributed by atoms with Gasteiger partial charge in [-0.3, -0.25) is 4.79 Å². The van der Waals surface area contributed by atoms with E-state index in [-0.39, 0.29) is 17.2 Å². The normalized spacial score (nSPS) is 11.6. The summed E-state index contributed by atoms with van der Waals surface area (Å²) < 4.78 is 38.6. The summed E-state index contributed by atoms with van der Waals surface area (Å²) in [5.41, 5.74) is 3.12. The number of nitrogens with zero attached hydrogens (tertiary/aromatic N) is 2. The summed E-state index contributed by atoms with van der Waals surface area (Å²) in [6.45, 7) is -0.440. The highest BCUT2D eigenvalue weighted by Gasteiger charge is 2.30. The zero-order valence-electron chi connectivity index (χ0n) is 17.6. The molecular formula is C22H23N3O5S2. The molecule has 0 fully saturated rings. The summed E-state index contributed by atoms with van der Waals surface area (Å²) in [7, 11) is -1.29. The maximum absolute atomic E-state index is 13.6. The SMILES string of the molecule is COc1ccc(OC)c(S(=O)(=O)N(CC(=O)N/N=C/c2cccs2)Cc2ccccc2)c1. The van der Waals surface area contributed by atoms with Crippen molar-refractivity contribution < 1.29 is 22.7 Å². The Balaban J connectivity index is 1.89. The van der Waals surface area contributed by atoms with Crippen LogP contribution in [0.15, 0.2) is 76.0 Å². The molecule has 0 bridgehead atoms. The minimum absolute atomic E-state index is 0.00834. The highest BCUT2D eigenvalue weighted by atomic mass is 32.2. The molecule has 0 aliphatic heterocycles. The second-order valence-electron chi connectivity index (χ2n) is 6.58. The number of hydrogen-bond donors (Lipinski definition) is 1. The fourth-order valence-corrected chi connectivity index (χ4v) is 5.01. The van der Waals surface area contributed by atoms with Gasteiger partial charge in [-0.25, -0.2) is 13.8 Å². The first-order chi connectivity index (χ1) is 15.4. The highest BCUT2D eigenvalue weighted by molar-refractivity contribution is 7.89. The van der Waals surface area contributed by atoms with E-state index in [0.717, 1.165) is 14.7 Å². The number of thiophene rings is 1. The molecule has 0 radical (unpaired) electrons. The van der Waals surface area contributed by atoms with Crippen LogP contribution in [0.4, 0.5) is 0 Å². The maximum Gasteiger partial charge on any atom is 0.255 e. The Morgan fingerprint density at radius 3 is 2.53 bits per heavy atom. The summed E-state index contributed by atoms with van der Waals surface area (Å²) in [5.74, 6) is -0.0619. The smallest absolute Gasteiger partial charge is 0.255 e. The van der Waals surface area contributed by atoms with Crippen LogP contribution in [0.1, 0.15) is 10.4 Å². The molecule has 0 saturated heterocycles. The first kappa shape index (κ1) is 23.5. The predicted octanol–water partition coefficient (Wildman–Crippen LogP) is 3.11. The lowest BCUT2D eigenvalue weighted by atomic mass is 10.2. The van der Waals surface area contributed by atoms with Crippen molar-refractivity contribution in [2.45, 2.75) is 11.4 Å². The van der Waals surface area contributed by atoms with E-state index in [9.17, 15) is 13.2 Å². The summed E-state index contributed by atoms with van der Waals surface area (Å²) in [6, 6.07) is 17.2. The Morgan fingerprint density at radius 2 is 1.88 bits per heavy atom. The average molecular weight is 474 g/mol. The van der Waals surface area contributed by atoms with Crippen molar-refractivity contribution in [3.05, 3.63) is 76.5 Å². The van der Waals surface area contributed by atoms with Crippen LogP contribution in [-0.4, -0.2) is 45.6 Å². The van der Waals surface area contributed by atoms with Crippen molar-refractivity contribution >= 4 is 33.5 Å². The van der Waals surface area contributed by atoms with Gasteiger partial charge in [-0.2, -0.15) is 9.41 Å². The van der Waals surface area contributed by atoms with Gasteiger partial charge in [0.15, 0.2) is 0 Å². The second-order valence-corrected chi connectivity index (χ2v) is 9.47. The number of hydrazone groups is 1. The van der Waals surface area contributed by atoms with Gasteiger partial charge in [0.25, 0.3) is 5.91 Å². The number of carbonyl (C=O) groups excluding carboxylic acids is 1. The average Bonchev–Trinajstić information content (AvgIpc) is 3.32. The van der Waals surface area contributed by atoms with Gasteiger partial charge < -0.3 is 9.47 Å². The van der Waals surface area contributed by atoms with Gasteiger partial charge in [0.05, 0.1) is 27.0 Å². The second kappa shape index (κ2) is 10.9. The molecular weight excluding hydrogens is 450 g/mol. The molecule has 2 aromatic carbocycles. The van der Waals surface area contributed by atoms with E-state index in [0.29, 0.717) is 5.75 Å². The zero-order chi connectivity index (χ0) is 23.0. The molecule has 1 N–H and O–H groups in total. The molecule has 10 heteroatoms. The van der Waals surface area contributed by atoms with E-state index in [2.05, 4.69) is 10.5 Å². The predicted molar refractivity (Wildman–Crippen MR) is 124 cm³/mol. The van der Waals surface area contributed by atoms with Gasteiger partial charge in [-0.1, -0.05) is 36.4 Å². The fourth-order valence-electron chi connectivity index (χ4n) is 2.87. The molecule has 32 heavy (non-hydrogen) atoms. The van der Waals surface area contributed by atoms with Gasteiger partial charge in [0.2, 0.25) is 10.0 Å². The summed E-state index contributed by atoms with van der Waals surface area (Å²) in [4.78, 5) is 13.3. The number of hydrogen-bond acceptors (Lipinski definition) is 7. The number of methoxy groups -OCH3 is 2. The third kappa shape index (κ3) is 5.94. The van der Waals surface area contributed by atoms with Crippen molar-refractivity contribution in [3.63, 3.8) is 0 Å². The van der Waals surface area contributed by atoms with E-state index in [4.69, 9.17) is 9.47 Å². The summed E-state index contributed by atoms with van der Waals surface area (Å²) in [5, 5.41) is 5.80. The van der Waals surface area contributed by atoms with Crippen molar-refractivity contribution in [2.75, 3.05) is 20.8 Å². The molecule has 0 atom stereocenters.